The molecular weight excluding hydrogens is 230 g/mol. The van der Waals surface area contributed by atoms with Crippen LogP contribution < -0.4 is 5.32 Å². The first-order valence-electron chi connectivity index (χ1n) is 5.03. The Morgan fingerprint density at radius 1 is 1.56 bits per heavy atom. The van der Waals surface area contributed by atoms with Crippen LogP contribution in [0.5, 0.6) is 0 Å². The second-order valence-electron chi connectivity index (χ2n) is 3.96. The normalized spacial score (nSPS) is 23.2. The van der Waals surface area contributed by atoms with Crippen molar-refractivity contribution in [3.8, 4) is 0 Å². The van der Waals surface area contributed by atoms with Crippen molar-refractivity contribution in [3.63, 3.8) is 0 Å². The van der Waals surface area contributed by atoms with Gasteiger partial charge in [-0.15, -0.1) is 0 Å². The van der Waals surface area contributed by atoms with Gasteiger partial charge in [0.05, 0.1) is 23.3 Å². The van der Waals surface area contributed by atoms with E-state index in [-0.39, 0.29) is 23.5 Å². The summed E-state index contributed by atoms with van der Waals surface area (Å²) in [7, 11) is -2.96. The highest BCUT2D eigenvalue weighted by molar-refractivity contribution is 7.91. The molecule has 0 saturated carbocycles. The zero-order chi connectivity index (χ0) is 11.8. The van der Waals surface area contributed by atoms with Gasteiger partial charge in [-0.1, -0.05) is 0 Å². The van der Waals surface area contributed by atoms with Crippen LogP contribution in [0, 0.1) is 6.92 Å². The summed E-state index contributed by atoms with van der Waals surface area (Å²) in [5.74, 6) is 0.463. The molecule has 1 unspecified atom stereocenters. The van der Waals surface area contributed by atoms with Crippen LogP contribution >= 0.6 is 0 Å². The molecular formula is C10H13NO4S. The monoisotopic (exact) mass is 243 g/mol. The molecule has 0 spiro atoms. The highest BCUT2D eigenvalue weighted by Gasteiger charge is 2.29. The Morgan fingerprint density at radius 2 is 2.31 bits per heavy atom. The number of rotatable bonds is 2. The lowest BCUT2D eigenvalue weighted by Gasteiger charge is -2.09. The molecule has 1 aromatic heterocycles. The molecule has 2 heterocycles. The molecule has 1 amide bonds. The van der Waals surface area contributed by atoms with Crippen molar-refractivity contribution < 1.29 is 17.6 Å². The van der Waals surface area contributed by atoms with Gasteiger partial charge >= 0.3 is 0 Å². The summed E-state index contributed by atoms with van der Waals surface area (Å²) in [6.45, 7) is 1.69. The number of carbonyl (C=O) groups excluding carboxylic acids is 1. The molecule has 1 aliphatic heterocycles. The highest BCUT2D eigenvalue weighted by Crippen LogP contribution is 2.13. The number of aryl methyl sites for hydroxylation is 1. The van der Waals surface area contributed by atoms with Crippen molar-refractivity contribution in [2.24, 2.45) is 0 Å². The average Bonchev–Trinajstić information content (AvgIpc) is 2.72. The van der Waals surface area contributed by atoms with E-state index in [1.807, 2.05) is 0 Å². The van der Waals surface area contributed by atoms with Crippen LogP contribution in [0.3, 0.4) is 0 Å². The molecule has 0 aliphatic carbocycles. The minimum Gasteiger partial charge on any atom is -0.469 e. The van der Waals surface area contributed by atoms with Crippen molar-refractivity contribution in [2.75, 3.05) is 11.5 Å². The van der Waals surface area contributed by atoms with E-state index in [0.717, 1.165) is 0 Å². The van der Waals surface area contributed by atoms with Gasteiger partial charge in [0.15, 0.2) is 9.84 Å². The first kappa shape index (κ1) is 11.2. The topological polar surface area (TPSA) is 76.4 Å². The first-order valence-corrected chi connectivity index (χ1v) is 6.85. The van der Waals surface area contributed by atoms with Crippen LogP contribution in [0.25, 0.3) is 0 Å². The molecule has 5 nitrogen and oxygen atoms in total. The number of amides is 1. The molecule has 0 bridgehead atoms. The van der Waals surface area contributed by atoms with E-state index in [9.17, 15) is 13.2 Å². The lowest BCUT2D eigenvalue weighted by atomic mass is 10.2. The third kappa shape index (κ3) is 2.27. The largest absolute Gasteiger partial charge is 0.469 e. The lowest BCUT2D eigenvalue weighted by Crippen LogP contribution is -2.35. The molecule has 6 heteroatoms. The minimum absolute atomic E-state index is 0.0373. The minimum atomic E-state index is -2.96. The summed E-state index contributed by atoms with van der Waals surface area (Å²) in [6.07, 6.45) is 1.93. The molecule has 0 radical (unpaired) electrons. The van der Waals surface area contributed by atoms with E-state index in [1.54, 1.807) is 13.0 Å². The van der Waals surface area contributed by atoms with E-state index < -0.39 is 9.84 Å². The van der Waals surface area contributed by atoms with E-state index in [0.29, 0.717) is 17.7 Å². The fraction of sp³-hybridized carbons (Fsp3) is 0.500. The van der Waals surface area contributed by atoms with Gasteiger partial charge in [0.1, 0.15) is 5.76 Å². The van der Waals surface area contributed by atoms with Gasteiger partial charge in [-0.2, -0.15) is 0 Å². The summed E-state index contributed by atoms with van der Waals surface area (Å²) >= 11 is 0. The van der Waals surface area contributed by atoms with Crippen LogP contribution in [0.2, 0.25) is 0 Å². The smallest absolute Gasteiger partial charge is 0.255 e. The maximum atomic E-state index is 11.7. The molecule has 1 aromatic rings. The van der Waals surface area contributed by atoms with Crippen molar-refractivity contribution in [1.29, 1.82) is 0 Å². The summed E-state index contributed by atoms with van der Waals surface area (Å²) in [6, 6.07) is 1.31. The Bertz CT molecular complexity index is 503. The van der Waals surface area contributed by atoms with Crippen LogP contribution in [-0.4, -0.2) is 31.9 Å². The van der Waals surface area contributed by atoms with Crippen LogP contribution in [-0.2, 0) is 9.84 Å². The number of hydrogen-bond donors (Lipinski definition) is 1. The Labute approximate surface area is 93.7 Å². The van der Waals surface area contributed by atoms with Gasteiger partial charge in [-0.3, -0.25) is 4.79 Å². The Balaban J connectivity index is 2.02. The van der Waals surface area contributed by atoms with Crippen LogP contribution in [0.1, 0.15) is 22.5 Å². The average molecular weight is 243 g/mol. The Hall–Kier alpha value is -1.30. The Kier molecular flexibility index (Phi) is 2.75. The van der Waals surface area contributed by atoms with Crippen molar-refractivity contribution in [2.45, 2.75) is 19.4 Å². The molecule has 88 valence electrons. The maximum absolute atomic E-state index is 11.7. The third-order valence-corrected chi connectivity index (χ3v) is 4.44. The summed E-state index contributed by atoms with van der Waals surface area (Å²) in [5, 5.41) is 2.70. The zero-order valence-electron chi connectivity index (χ0n) is 8.89. The summed E-state index contributed by atoms with van der Waals surface area (Å²) in [4.78, 5) is 11.7. The van der Waals surface area contributed by atoms with Crippen molar-refractivity contribution in [1.82, 2.24) is 5.32 Å². The second kappa shape index (κ2) is 3.93. The van der Waals surface area contributed by atoms with Crippen molar-refractivity contribution >= 4 is 15.7 Å². The van der Waals surface area contributed by atoms with Gasteiger partial charge in [-0.25, -0.2) is 8.42 Å². The zero-order valence-corrected chi connectivity index (χ0v) is 9.71. The number of furan rings is 1. The van der Waals surface area contributed by atoms with Gasteiger partial charge in [0, 0.05) is 6.04 Å². The predicted octanol–water partition coefficient (Wildman–Crippen LogP) is 0.505. The SMILES string of the molecule is Cc1occc1C(=O)NC1CCS(=O)(=O)C1. The standard InChI is InChI=1S/C10H13NO4S/c1-7-9(2-4-15-7)10(12)11-8-3-5-16(13,14)6-8/h2,4,8H,3,5-6H2,1H3,(H,11,12). The molecule has 1 atom stereocenters. The van der Waals surface area contributed by atoms with E-state index in [4.69, 9.17) is 4.42 Å². The highest BCUT2D eigenvalue weighted by atomic mass is 32.2. The van der Waals surface area contributed by atoms with Gasteiger partial charge in [-0.05, 0) is 19.4 Å². The fourth-order valence-electron chi connectivity index (χ4n) is 1.79. The summed E-state index contributed by atoms with van der Waals surface area (Å²) < 4.78 is 27.4. The molecule has 1 saturated heterocycles. The third-order valence-electron chi connectivity index (χ3n) is 2.67. The van der Waals surface area contributed by atoms with E-state index >= 15 is 0 Å². The van der Waals surface area contributed by atoms with E-state index in [2.05, 4.69) is 5.32 Å². The summed E-state index contributed by atoms with van der Waals surface area (Å²) in [5.41, 5.74) is 0.462. The van der Waals surface area contributed by atoms with Crippen LogP contribution in [0.4, 0.5) is 0 Å². The van der Waals surface area contributed by atoms with Gasteiger partial charge in [0.25, 0.3) is 5.91 Å². The molecule has 1 aliphatic rings. The van der Waals surface area contributed by atoms with E-state index in [1.165, 1.54) is 6.26 Å². The quantitative estimate of drug-likeness (QED) is 0.820. The second-order valence-corrected chi connectivity index (χ2v) is 6.19. The Morgan fingerprint density at radius 3 is 2.81 bits per heavy atom. The first-order chi connectivity index (χ1) is 7.48. The van der Waals surface area contributed by atoms with Crippen LogP contribution in [0.15, 0.2) is 16.7 Å². The van der Waals surface area contributed by atoms with Crippen molar-refractivity contribution in [3.05, 3.63) is 23.7 Å². The molecule has 2 rings (SSSR count). The predicted molar refractivity (Wildman–Crippen MR) is 58.0 cm³/mol. The van der Waals surface area contributed by atoms with Gasteiger partial charge < -0.3 is 9.73 Å². The number of carbonyl (C=O) groups is 1. The maximum Gasteiger partial charge on any atom is 0.255 e. The number of hydrogen-bond acceptors (Lipinski definition) is 4. The van der Waals surface area contributed by atoms with Gasteiger partial charge in [0.2, 0.25) is 0 Å². The lowest BCUT2D eigenvalue weighted by molar-refractivity contribution is 0.0939. The number of nitrogens with one attached hydrogen (secondary N) is 1. The molecule has 0 aromatic carbocycles. The molecule has 1 N–H and O–H groups in total. The molecule has 16 heavy (non-hydrogen) atoms. The fourth-order valence-corrected chi connectivity index (χ4v) is 3.47. The number of sulfone groups is 1. The molecule has 1 fully saturated rings.